The molecule has 17 heavy (non-hydrogen) atoms. The molecule has 1 aromatic carbocycles. The van der Waals surface area contributed by atoms with Crippen LogP contribution in [0.5, 0.6) is 0 Å². The summed E-state index contributed by atoms with van der Waals surface area (Å²) in [5, 5.41) is 6.83. The summed E-state index contributed by atoms with van der Waals surface area (Å²) < 4.78 is 0. The van der Waals surface area contributed by atoms with E-state index in [0.717, 1.165) is 35.9 Å². The van der Waals surface area contributed by atoms with Crippen LogP contribution >= 0.6 is 11.6 Å². The van der Waals surface area contributed by atoms with Crippen molar-refractivity contribution < 1.29 is 4.79 Å². The van der Waals surface area contributed by atoms with Gasteiger partial charge in [-0.3, -0.25) is 0 Å². The minimum atomic E-state index is 0.0274. The Morgan fingerprint density at radius 2 is 2.35 bits per heavy atom. The Kier molecular flexibility index (Phi) is 3.74. The molecule has 5 heteroatoms. The van der Waals surface area contributed by atoms with Crippen LogP contribution in [-0.2, 0) is 0 Å². The maximum atomic E-state index is 11.3. The first kappa shape index (κ1) is 12.0. The van der Waals surface area contributed by atoms with E-state index >= 15 is 0 Å². The van der Waals surface area contributed by atoms with Crippen LogP contribution in [0.1, 0.15) is 5.56 Å². The highest BCUT2D eigenvalue weighted by atomic mass is 35.5. The monoisotopic (exact) mass is 253 g/mol. The van der Waals surface area contributed by atoms with Crippen molar-refractivity contribution in [2.24, 2.45) is 0 Å². The Bertz CT molecular complexity index is 422. The number of benzene rings is 1. The van der Waals surface area contributed by atoms with Gasteiger partial charge < -0.3 is 15.5 Å². The number of hydrogen-bond donors (Lipinski definition) is 2. The van der Waals surface area contributed by atoms with Gasteiger partial charge in [0.2, 0.25) is 0 Å². The Balaban J connectivity index is 1.83. The number of rotatable bonds is 4. The molecule has 1 aliphatic rings. The lowest BCUT2D eigenvalue weighted by Gasteiger charge is -2.15. The van der Waals surface area contributed by atoms with Crippen LogP contribution in [0, 0.1) is 6.92 Å². The third-order valence-electron chi connectivity index (χ3n) is 2.83. The lowest BCUT2D eigenvalue weighted by molar-refractivity contribution is 0.219. The number of carbonyl (C=O) groups is 1. The SMILES string of the molecule is Cc1cc(Cl)ccc1NCCN1CCNC1=O. The van der Waals surface area contributed by atoms with Crippen molar-refractivity contribution in [3.63, 3.8) is 0 Å². The molecule has 0 bridgehead atoms. The van der Waals surface area contributed by atoms with E-state index in [1.165, 1.54) is 0 Å². The third kappa shape index (κ3) is 3.03. The summed E-state index contributed by atoms with van der Waals surface area (Å²) in [4.78, 5) is 13.1. The predicted molar refractivity (Wildman–Crippen MR) is 69.7 cm³/mol. The summed E-state index contributed by atoms with van der Waals surface area (Å²) in [5.41, 5.74) is 2.18. The van der Waals surface area contributed by atoms with Gasteiger partial charge >= 0.3 is 6.03 Å². The Morgan fingerprint density at radius 1 is 1.53 bits per heavy atom. The number of urea groups is 1. The molecule has 1 aliphatic heterocycles. The van der Waals surface area contributed by atoms with Gasteiger partial charge in [-0.05, 0) is 30.7 Å². The van der Waals surface area contributed by atoms with Crippen LogP contribution < -0.4 is 10.6 Å². The van der Waals surface area contributed by atoms with E-state index in [-0.39, 0.29) is 6.03 Å². The molecule has 92 valence electrons. The largest absolute Gasteiger partial charge is 0.383 e. The van der Waals surface area contributed by atoms with Gasteiger partial charge in [-0.15, -0.1) is 0 Å². The van der Waals surface area contributed by atoms with E-state index in [1.54, 1.807) is 4.90 Å². The van der Waals surface area contributed by atoms with Crippen LogP contribution in [0.4, 0.5) is 10.5 Å². The van der Waals surface area contributed by atoms with Crippen molar-refractivity contribution in [1.29, 1.82) is 0 Å². The number of nitrogens with one attached hydrogen (secondary N) is 2. The zero-order valence-corrected chi connectivity index (χ0v) is 10.5. The minimum Gasteiger partial charge on any atom is -0.383 e. The molecule has 2 N–H and O–H groups in total. The molecule has 0 aliphatic carbocycles. The maximum Gasteiger partial charge on any atom is 0.317 e. The standard InChI is InChI=1S/C12H16ClN3O/c1-9-8-10(13)2-3-11(9)14-4-6-16-7-5-15-12(16)17/h2-3,8,14H,4-7H2,1H3,(H,15,17). The molecule has 1 saturated heterocycles. The van der Waals surface area contributed by atoms with Crippen LogP contribution in [0.15, 0.2) is 18.2 Å². The number of hydrogen-bond acceptors (Lipinski definition) is 2. The van der Waals surface area contributed by atoms with E-state index in [2.05, 4.69) is 10.6 Å². The van der Waals surface area contributed by atoms with Crippen molar-refractivity contribution in [2.45, 2.75) is 6.92 Å². The highest BCUT2D eigenvalue weighted by Crippen LogP contribution is 2.19. The molecule has 0 atom stereocenters. The summed E-state index contributed by atoms with van der Waals surface area (Å²) >= 11 is 5.88. The summed E-state index contributed by atoms with van der Waals surface area (Å²) in [7, 11) is 0. The van der Waals surface area contributed by atoms with Gasteiger partial charge in [0.25, 0.3) is 0 Å². The molecular formula is C12H16ClN3O. The number of aryl methyl sites for hydroxylation is 1. The molecule has 0 radical (unpaired) electrons. The summed E-state index contributed by atoms with van der Waals surface area (Å²) in [6, 6.07) is 5.77. The molecule has 0 unspecified atom stereocenters. The zero-order chi connectivity index (χ0) is 12.3. The smallest absolute Gasteiger partial charge is 0.317 e. The number of carbonyl (C=O) groups excluding carboxylic acids is 1. The van der Waals surface area contributed by atoms with Crippen molar-refractivity contribution in [1.82, 2.24) is 10.2 Å². The number of anilines is 1. The Morgan fingerprint density at radius 3 is 3.00 bits per heavy atom. The van der Waals surface area contributed by atoms with E-state index in [1.807, 2.05) is 25.1 Å². The first-order valence-corrected chi connectivity index (χ1v) is 6.07. The molecule has 1 heterocycles. The number of amides is 2. The average molecular weight is 254 g/mol. The van der Waals surface area contributed by atoms with Crippen LogP contribution in [0.3, 0.4) is 0 Å². The quantitative estimate of drug-likeness (QED) is 0.863. The molecule has 0 saturated carbocycles. The first-order chi connectivity index (χ1) is 8.16. The molecule has 1 fully saturated rings. The Labute approximate surface area is 106 Å². The molecular weight excluding hydrogens is 238 g/mol. The first-order valence-electron chi connectivity index (χ1n) is 5.69. The van der Waals surface area contributed by atoms with Crippen molar-refractivity contribution in [2.75, 3.05) is 31.5 Å². The van der Waals surface area contributed by atoms with Gasteiger partial charge in [0, 0.05) is 36.9 Å². The summed E-state index contributed by atoms with van der Waals surface area (Å²) in [6.07, 6.45) is 0. The molecule has 0 spiro atoms. The van der Waals surface area contributed by atoms with E-state index in [9.17, 15) is 4.79 Å². The van der Waals surface area contributed by atoms with Gasteiger partial charge in [-0.25, -0.2) is 4.79 Å². The fraction of sp³-hybridized carbons (Fsp3) is 0.417. The maximum absolute atomic E-state index is 11.3. The van der Waals surface area contributed by atoms with Crippen molar-refractivity contribution in [3.05, 3.63) is 28.8 Å². The molecule has 1 aromatic rings. The second-order valence-electron chi connectivity index (χ2n) is 4.10. The Hall–Kier alpha value is -1.42. The van der Waals surface area contributed by atoms with Crippen LogP contribution in [0.2, 0.25) is 5.02 Å². The lowest BCUT2D eigenvalue weighted by atomic mass is 10.2. The van der Waals surface area contributed by atoms with Gasteiger partial charge in [0.05, 0.1) is 0 Å². The normalized spacial score (nSPS) is 14.9. The van der Waals surface area contributed by atoms with Gasteiger partial charge in [0.15, 0.2) is 0 Å². The van der Waals surface area contributed by atoms with Gasteiger partial charge in [-0.1, -0.05) is 11.6 Å². The minimum absolute atomic E-state index is 0.0274. The highest BCUT2D eigenvalue weighted by molar-refractivity contribution is 6.30. The average Bonchev–Trinajstić information content (AvgIpc) is 2.68. The predicted octanol–water partition coefficient (Wildman–Crippen LogP) is 2.09. The number of nitrogens with zero attached hydrogens (tertiary/aromatic N) is 1. The molecule has 2 rings (SSSR count). The van der Waals surface area contributed by atoms with E-state index in [4.69, 9.17) is 11.6 Å². The highest BCUT2D eigenvalue weighted by Gasteiger charge is 2.18. The molecule has 4 nitrogen and oxygen atoms in total. The van der Waals surface area contributed by atoms with E-state index < -0.39 is 0 Å². The topological polar surface area (TPSA) is 44.4 Å². The second-order valence-corrected chi connectivity index (χ2v) is 4.54. The fourth-order valence-corrected chi connectivity index (χ4v) is 2.10. The molecule has 0 aromatic heterocycles. The fourth-order valence-electron chi connectivity index (χ4n) is 1.88. The third-order valence-corrected chi connectivity index (χ3v) is 3.07. The number of halogens is 1. The van der Waals surface area contributed by atoms with Gasteiger partial charge in [0.1, 0.15) is 0 Å². The van der Waals surface area contributed by atoms with E-state index in [0.29, 0.717) is 6.54 Å². The van der Waals surface area contributed by atoms with Crippen LogP contribution in [-0.4, -0.2) is 37.1 Å². The van der Waals surface area contributed by atoms with Crippen molar-refractivity contribution in [3.8, 4) is 0 Å². The molecule has 2 amide bonds. The van der Waals surface area contributed by atoms with Crippen molar-refractivity contribution >= 4 is 23.3 Å². The summed E-state index contributed by atoms with van der Waals surface area (Å²) in [5.74, 6) is 0. The summed E-state index contributed by atoms with van der Waals surface area (Å²) in [6.45, 7) is 5.01. The lowest BCUT2D eigenvalue weighted by Crippen LogP contribution is -2.32. The van der Waals surface area contributed by atoms with Crippen LogP contribution in [0.25, 0.3) is 0 Å². The zero-order valence-electron chi connectivity index (χ0n) is 9.79. The van der Waals surface area contributed by atoms with Gasteiger partial charge in [-0.2, -0.15) is 0 Å². The second kappa shape index (κ2) is 5.27.